The van der Waals surface area contributed by atoms with Crippen molar-refractivity contribution in [2.45, 2.75) is 37.8 Å². The van der Waals surface area contributed by atoms with Gasteiger partial charge in [-0.3, -0.25) is 0 Å². The van der Waals surface area contributed by atoms with Gasteiger partial charge < -0.3 is 10.2 Å². The zero-order valence-corrected chi connectivity index (χ0v) is 17.2. The van der Waals surface area contributed by atoms with Crippen molar-refractivity contribution in [1.29, 1.82) is 0 Å². The molecule has 0 unspecified atom stereocenters. The maximum atomic E-state index is 3.75. The molecule has 3 aromatic rings. The Kier molecular flexibility index (Phi) is 7.12. The van der Waals surface area contributed by atoms with E-state index in [1.165, 1.54) is 55.6 Å². The first-order valence-electron chi connectivity index (χ1n) is 11.0. The molecule has 2 nitrogen and oxygen atoms in total. The van der Waals surface area contributed by atoms with E-state index in [9.17, 15) is 0 Å². The molecule has 0 radical (unpaired) electrons. The molecule has 0 amide bonds. The van der Waals surface area contributed by atoms with Crippen molar-refractivity contribution in [3.63, 3.8) is 0 Å². The normalized spacial score (nSPS) is 15.6. The molecule has 1 N–H and O–H groups in total. The van der Waals surface area contributed by atoms with E-state index in [1.54, 1.807) is 0 Å². The van der Waals surface area contributed by atoms with Gasteiger partial charge in [-0.15, -0.1) is 0 Å². The van der Waals surface area contributed by atoms with Crippen LogP contribution in [0, 0.1) is 0 Å². The summed E-state index contributed by atoms with van der Waals surface area (Å²) in [5.41, 5.74) is 4.24. The number of hydrogen-bond donors (Lipinski definition) is 1. The second kappa shape index (κ2) is 10.4. The Morgan fingerprint density at radius 3 is 1.79 bits per heavy atom. The van der Waals surface area contributed by atoms with Gasteiger partial charge >= 0.3 is 0 Å². The molecule has 0 spiro atoms. The SMILES string of the molecule is c1ccc(CNC2CCN(CCC(c3ccccc3)c3ccccc3)CC2)cc1. The van der Waals surface area contributed by atoms with Gasteiger partial charge in [0.25, 0.3) is 0 Å². The summed E-state index contributed by atoms with van der Waals surface area (Å²) in [6.45, 7) is 4.54. The van der Waals surface area contributed by atoms with Crippen molar-refractivity contribution in [3.05, 3.63) is 108 Å². The average Bonchev–Trinajstić information content (AvgIpc) is 2.81. The zero-order valence-electron chi connectivity index (χ0n) is 17.2. The van der Waals surface area contributed by atoms with E-state index in [0.29, 0.717) is 12.0 Å². The van der Waals surface area contributed by atoms with Crippen LogP contribution in [-0.2, 0) is 6.54 Å². The van der Waals surface area contributed by atoms with Crippen LogP contribution in [0.3, 0.4) is 0 Å². The number of hydrogen-bond acceptors (Lipinski definition) is 2. The molecule has 1 aliphatic heterocycles. The monoisotopic (exact) mass is 384 g/mol. The number of nitrogens with one attached hydrogen (secondary N) is 1. The van der Waals surface area contributed by atoms with Gasteiger partial charge in [0.2, 0.25) is 0 Å². The summed E-state index contributed by atoms with van der Waals surface area (Å²) >= 11 is 0. The Labute approximate surface area is 175 Å². The van der Waals surface area contributed by atoms with Crippen LogP contribution in [-0.4, -0.2) is 30.6 Å². The first kappa shape index (κ1) is 19.9. The summed E-state index contributed by atoms with van der Waals surface area (Å²) in [6, 6.07) is 33.3. The highest BCUT2D eigenvalue weighted by Gasteiger charge is 2.21. The summed E-state index contributed by atoms with van der Waals surface area (Å²) in [4.78, 5) is 2.65. The van der Waals surface area contributed by atoms with Crippen molar-refractivity contribution in [1.82, 2.24) is 10.2 Å². The molecule has 29 heavy (non-hydrogen) atoms. The fraction of sp³-hybridized carbons (Fsp3) is 0.333. The molecule has 4 rings (SSSR count). The van der Waals surface area contributed by atoms with Crippen LogP contribution in [0.25, 0.3) is 0 Å². The van der Waals surface area contributed by atoms with E-state index in [0.717, 1.165) is 6.54 Å². The highest BCUT2D eigenvalue weighted by atomic mass is 15.1. The lowest BCUT2D eigenvalue weighted by molar-refractivity contribution is 0.193. The molecule has 0 atom stereocenters. The fourth-order valence-electron chi connectivity index (χ4n) is 4.43. The van der Waals surface area contributed by atoms with Crippen LogP contribution in [0.2, 0.25) is 0 Å². The Bertz CT molecular complexity index is 785. The molecule has 1 saturated heterocycles. The van der Waals surface area contributed by atoms with E-state index in [2.05, 4.69) is 101 Å². The maximum absolute atomic E-state index is 3.75. The summed E-state index contributed by atoms with van der Waals surface area (Å²) in [7, 11) is 0. The maximum Gasteiger partial charge on any atom is 0.0208 e. The Morgan fingerprint density at radius 2 is 1.24 bits per heavy atom. The van der Waals surface area contributed by atoms with Crippen LogP contribution in [0.5, 0.6) is 0 Å². The van der Waals surface area contributed by atoms with E-state index >= 15 is 0 Å². The lowest BCUT2D eigenvalue weighted by atomic mass is 9.88. The summed E-state index contributed by atoms with van der Waals surface area (Å²) in [5.74, 6) is 0.478. The summed E-state index contributed by atoms with van der Waals surface area (Å²) < 4.78 is 0. The summed E-state index contributed by atoms with van der Waals surface area (Å²) in [6.07, 6.45) is 3.67. The molecule has 1 aliphatic rings. The highest BCUT2D eigenvalue weighted by Crippen LogP contribution is 2.28. The number of piperidine rings is 1. The van der Waals surface area contributed by atoms with Crippen molar-refractivity contribution in [2.24, 2.45) is 0 Å². The van der Waals surface area contributed by atoms with Gasteiger partial charge in [0.05, 0.1) is 0 Å². The smallest absolute Gasteiger partial charge is 0.0208 e. The van der Waals surface area contributed by atoms with Crippen molar-refractivity contribution in [2.75, 3.05) is 19.6 Å². The molecule has 150 valence electrons. The van der Waals surface area contributed by atoms with Crippen LogP contribution in [0.1, 0.15) is 41.9 Å². The topological polar surface area (TPSA) is 15.3 Å². The van der Waals surface area contributed by atoms with Crippen LogP contribution in [0.15, 0.2) is 91.0 Å². The quantitative estimate of drug-likeness (QED) is 0.554. The summed E-state index contributed by atoms with van der Waals surface area (Å²) in [5, 5.41) is 3.75. The predicted molar refractivity (Wildman–Crippen MR) is 122 cm³/mol. The molecule has 0 bridgehead atoms. The van der Waals surface area contributed by atoms with Gasteiger partial charge in [0.15, 0.2) is 0 Å². The number of likely N-dealkylation sites (tertiary alicyclic amines) is 1. The molecule has 0 aliphatic carbocycles. The molecule has 0 aromatic heterocycles. The number of nitrogens with zero attached hydrogens (tertiary/aromatic N) is 1. The van der Waals surface area contributed by atoms with Crippen LogP contribution in [0.4, 0.5) is 0 Å². The van der Waals surface area contributed by atoms with E-state index in [1.807, 2.05) is 0 Å². The molecule has 0 saturated carbocycles. The molecule has 1 fully saturated rings. The predicted octanol–water partition coefficient (Wildman–Crippen LogP) is 5.46. The molecular weight excluding hydrogens is 352 g/mol. The van der Waals surface area contributed by atoms with Crippen molar-refractivity contribution in [3.8, 4) is 0 Å². The standard InChI is InChI=1S/C27H32N2/c1-4-10-23(11-5-1)22-28-26-16-19-29(20-17-26)21-18-27(24-12-6-2-7-13-24)25-14-8-3-9-15-25/h1-15,26-28H,16-22H2. The lowest BCUT2D eigenvalue weighted by Gasteiger charge is -2.33. The highest BCUT2D eigenvalue weighted by molar-refractivity contribution is 5.32. The molecule has 2 heteroatoms. The second-order valence-electron chi connectivity index (χ2n) is 8.15. The minimum Gasteiger partial charge on any atom is -0.310 e. The van der Waals surface area contributed by atoms with Gasteiger partial charge in [0, 0.05) is 18.5 Å². The van der Waals surface area contributed by atoms with Gasteiger partial charge in [-0.05, 0) is 55.6 Å². The minimum atomic E-state index is 0.478. The number of rotatable bonds is 8. The van der Waals surface area contributed by atoms with Gasteiger partial charge in [-0.25, -0.2) is 0 Å². The average molecular weight is 385 g/mol. The molecular formula is C27H32N2. The fourth-order valence-corrected chi connectivity index (χ4v) is 4.43. The van der Waals surface area contributed by atoms with E-state index in [-0.39, 0.29) is 0 Å². The van der Waals surface area contributed by atoms with E-state index < -0.39 is 0 Å². The third-order valence-corrected chi connectivity index (χ3v) is 6.16. The van der Waals surface area contributed by atoms with Crippen molar-refractivity contribution < 1.29 is 0 Å². The lowest BCUT2D eigenvalue weighted by Crippen LogP contribution is -2.42. The Hall–Kier alpha value is -2.42. The third kappa shape index (κ3) is 5.79. The largest absolute Gasteiger partial charge is 0.310 e. The third-order valence-electron chi connectivity index (χ3n) is 6.16. The van der Waals surface area contributed by atoms with Gasteiger partial charge in [0.1, 0.15) is 0 Å². The second-order valence-corrected chi connectivity index (χ2v) is 8.15. The van der Waals surface area contributed by atoms with Crippen molar-refractivity contribution >= 4 is 0 Å². The van der Waals surface area contributed by atoms with Gasteiger partial charge in [-0.1, -0.05) is 91.0 Å². The van der Waals surface area contributed by atoms with Crippen LogP contribution >= 0.6 is 0 Å². The Balaban J connectivity index is 1.28. The molecule has 1 heterocycles. The van der Waals surface area contributed by atoms with Gasteiger partial charge in [-0.2, -0.15) is 0 Å². The first-order valence-corrected chi connectivity index (χ1v) is 11.0. The number of benzene rings is 3. The first-order chi connectivity index (χ1) is 14.4. The zero-order chi connectivity index (χ0) is 19.7. The Morgan fingerprint density at radius 1 is 0.724 bits per heavy atom. The van der Waals surface area contributed by atoms with E-state index in [4.69, 9.17) is 0 Å². The van der Waals surface area contributed by atoms with Crippen LogP contribution < -0.4 is 5.32 Å². The minimum absolute atomic E-state index is 0.478. The molecule has 3 aromatic carbocycles.